The summed E-state index contributed by atoms with van der Waals surface area (Å²) in [6.45, 7) is 1.34. The van der Waals surface area contributed by atoms with Gasteiger partial charge in [-0.2, -0.15) is 0 Å². The fraction of sp³-hybridized carbons (Fsp3) is 0.304. The van der Waals surface area contributed by atoms with Crippen molar-refractivity contribution in [1.29, 1.82) is 0 Å². The first kappa shape index (κ1) is 20.1. The van der Waals surface area contributed by atoms with E-state index in [0.717, 1.165) is 18.9 Å². The number of carbonyl (C=O) groups excluding carboxylic acids is 1. The number of nitrogens with zero attached hydrogens (tertiary/aromatic N) is 3. The molecule has 1 fully saturated rings. The van der Waals surface area contributed by atoms with Gasteiger partial charge in [0, 0.05) is 31.0 Å². The smallest absolute Gasteiger partial charge is 0.254 e. The van der Waals surface area contributed by atoms with Crippen LogP contribution in [0.3, 0.4) is 0 Å². The third-order valence-electron chi connectivity index (χ3n) is 5.25. The summed E-state index contributed by atoms with van der Waals surface area (Å²) in [4.78, 5) is 19.4. The van der Waals surface area contributed by atoms with Gasteiger partial charge in [-0.1, -0.05) is 12.1 Å². The molecule has 7 heteroatoms. The topological polar surface area (TPSA) is 47.4 Å². The molecule has 1 saturated carbocycles. The van der Waals surface area contributed by atoms with E-state index in [1.54, 1.807) is 54.7 Å². The molecule has 30 heavy (non-hydrogen) atoms. The van der Waals surface area contributed by atoms with Gasteiger partial charge in [0.15, 0.2) is 11.6 Å². The van der Waals surface area contributed by atoms with Crippen LogP contribution in [0.25, 0.3) is 0 Å². The lowest BCUT2D eigenvalue weighted by Crippen LogP contribution is -2.33. The van der Waals surface area contributed by atoms with Crippen molar-refractivity contribution in [2.75, 3.05) is 13.7 Å². The second-order valence-corrected chi connectivity index (χ2v) is 7.58. The molecule has 1 amide bonds. The summed E-state index contributed by atoms with van der Waals surface area (Å²) in [5, 5.41) is 0. The van der Waals surface area contributed by atoms with Crippen LogP contribution >= 0.6 is 0 Å². The van der Waals surface area contributed by atoms with Gasteiger partial charge in [-0.15, -0.1) is 0 Å². The minimum absolute atomic E-state index is 0.0804. The molecule has 0 spiro atoms. The van der Waals surface area contributed by atoms with E-state index in [-0.39, 0.29) is 5.91 Å². The maximum atomic E-state index is 13.6. The van der Waals surface area contributed by atoms with Gasteiger partial charge in [-0.25, -0.2) is 13.8 Å². The summed E-state index contributed by atoms with van der Waals surface area (Å²) in [5.74, 6) is 0.00264. The minimum atomic E-state index is -0.877. The quantitative estimate of drug-likeness (QED) is 0.556. The van der Waals surface area contributed by atoms with E-state index in [0.29, 0.717) is 48.3 Å². The zero-order chi connectivity index (χ0) is 21.1. The maximum absolute atomic E-state index is 13.6. The third kappa shape index (κ3) is 4.67. The van der Waals surface area contributed by atoms with Crippen LogP contribution in [0.1, 0.15) is 34.6 Å². The van der Waals surface area contributed by atoms with E-state index in [1.807, 2.05) is 4.57 Å². The monoisotopic (exact) mass is 411 g/mol. The van der Waals surface area contributed by atoms with Crippen molar-refractivity contribution in [3.63, 3.8) is 0 Å². The summed E-state index contributed by atoms with van der Waals surface area (Å²) >= 11 is 0. The Morgan fingerprint density at radius 3 is 2.77 bits per heavy atom. The highest BCUT2D eigenvalue weighted by molar-refractivity contribution is 5.94. The Kier molecular flexibility index (Phi) is 5.79. The molecular weight excluding hydrogens is 388 g/mol. The third-order valence-corrected chi connectivity index (χ3v) is 5.25. The molecule has 4 rings (SSSR count). The molecule has 2 aromatic carbocycles. The number of benzene rings is 2. The van der Waals surface area contributed by atoms with E-state index >= 15 is 0 Å². The van der Waals surface area contributed by atoms with Crippen LogP contribution in [0.5, 0.6) is 5.75 Å². The first-order chi connectivity index (χ1) is 14.5. The predicted octanol–water partition coefficient (Wildman–Crippen LogP) is 4.27. The zero-order valence-electron chi connectivity index (χ0n) is 16.7. The Bertz CT molecular complexity index is 1050. The molecule has 1 heterocycles. The zero-order valence-corrected chi connectivity index (χ0v) is 16.7. The largest absolute Gasteiger partial charge is 0.497 e. The van der Waals surface area contributed by atoms with Crippen molar-refractivity contribution in [3.8, 4) is 5.75 Å². The summed E-state index contributed by atoms with van der Waals surface area (Å²) in [5.41, 5.74) is 1.19. The molecule has 1 aromatic heterocycles. The molecule has 5 nitrogen and oxygen atoms in total. The van der Waals surface area contributed by atoms with Crippen molar-refractivity contribution in [2.24, 2.45) is 5.92 Å². The van der Waals surface area contributed by atoms with E-state index in [4.69, 9.17) is 4.74 Å². The van der Waals surface area contributed by atoms with Gasteiger partial charge in [-0.05, 0) is 54.7 Å². The van der Waals surface area contributed by atoms with E-state index in [1.165, 1.54) is 6.07 Å². The number of aromatic nitrogens is 2. The SMILES string of the molecule is COc1cccc(C(=O)N(Cc2nccn2Cc2ccc(F)c(F)c2)CC2CC2)c1. The molecule has 0 atom stereocenters. The number of hydrogen-bond acceptors (Lipinski definition) is 3. The molecule has 1 aliphatic rings. The second kappa shape index (κ2) is 8.65. The van der Waals surface area contributed by atoms with Gasteiger partial charge < -0.3 is 14.2 Å². The molecule has 156 valence electrons. The van der Waals surface area contributed by atoms with Crippen molar-refractivity contribution in [3.05, 3.63) is 83.4 Å². The Morgan fingerprint density at radius 1 is 1.20 bits per heavy atom. The summed E-state index contributed by atoms with van der Waals surface area (Å²) in [7, 11) is 1.57. The number of ether oxygens (including phenoxy) is 1. The highest BCUT2D eigenvalue weighted by Gasteiger charge is 2.28. The van der Waals surface area contributed by atoms with Crippen LogP contribution in [0.4, 0.5) is 8.78 Å². The number of imidazole rings is 1. The molecule has 0 unspecified atom stereocenters. The maximum Gasteiger partial charge on any atom is 0.254 e. The molecule has 0 bridgehead atoms. The summed E-state index contributed by atoms with van der Waals surface area (Å²) in [6, 6.07) is 11.0. The average molecular weight is 411 g/mol. The molecule has 0 saturated heterocycles. The second-order valence-electron chi connectivity index (χ2n) is 7.58. The first-order valence-electron chi connectivity index (χ1n) is 9.90. The van der Waals surface area contributed by atoms with Gasteiger partial charge in [0.2, 0.25) is 0 Å². The van der Waals surface area contributed by atoms with E-state index in [2.05, 4.69) is 4.98 Å². The lowest BCUT2D eigenvalue weighted by atomic mass is 10.1. The molecule has 0 aliphatic heterocycles. The number of methoxy groups -OCH3 is 1. The van der Waals surface area contributed by atoms with Crippen LogP contribution in [-0.4, -0.2) is 34.0 Å². The van der Waals surface area contributed by atoms with Crippen LogP contribution in [-0.2, 0) is 13.1 Å². The molecular formula is C23H23F2N3O2. The van der Waals surface area contributed by atoms with Crippen molar-refractivity contribution in [1.82, 2.24) is 14.5 Å². The lowest BCUT2D eigenvalue weighted by molar-refractivity contribution is 0.0728. The standard InChI is InChI=1S/C23H23F2N3O2/c1-30-19-4-2-3-18(12-19)23(29)28(13-16-5-6-16)15-22-26-9-10-27(22)14-17-7-8-20(24)21(25)11-17/h2-4,7-12,16H,5-6,13-15H2,1H3. The van der Waals surface area contributed by atoms with Gasteiger partial charge in [0.1, 0.15) is 11.6 Å². The van der Waals surface area contributed by atoms with Gasteiger partial charge in [0.05, 0.1) is 13.7 Å². The Labute approximate surface area is 173 Å². The predicted molar refractivity (Wildman–Crippen MR) is 108 cm³/mol. The Hall–Kier alpha value is -3.22. The van der Waals surface area contributed by atoms with Crippen LogP contribution in [0, 0.1) is 17.6 Å². The van der Waals surface area contributed by atoms with Gasteiger partial charge in [0.25, 0.3) is 5.91 Å². The molecule has 1 aliphatic carbocycles. The van der Waals surface area contributed by atoms with Crippen LogP contribution < -0.4 is 4.74 Å². The van der Waals surface area contributed by atoms with Crippen LogP contribution in [0.15, 0.2) is 54.9 Å². The summed E-state index contributed by atoms with van der Waals surface area (Å²) < 4.78 is 33.9. The van der Waals surface area contributed by atoms with Crippen molar-refractivity contribution >= 4 is 5.91 Å². The lowest BCUT2D eigenvalue weighted by Gasteiger charge is -2.23. The highest BCUT2D eigenvalue weighted by Crippen LogP contribution is 2.31. The average Bonchev–Trinajstić information content (AvgIpc) is 3.48. The Morgan fingerprint density at radius 2 is 2.03 bits per heavy atom. The van der Waals surface area contributed by atoms with E-state index in [9.17, 15) is 13.6 Å². The summed E-state index contributed by atoms with van der Waals surface area (Å²) in [6.07, 6.45) is 5.67. The minimum Gasteiger partial charge on any atom is -0.497 e. The number of halogens is 2. The van der Waals surface area contributed by atoms with Crippen molar-refractivity contribution < 1.29 is 18.3 Å². The molecule has 3 aromatic rings. The number of amides is 1. The number of rotatable bonds is 8. The number of carbonyl (C=O) groups is 1. The highest BCUT2D eigenvalue weighted by atomic mass is 19.2. The fourth-order valence-electron chi connectivity index (χ4n) is 3.41. The molecule has 0 radical (unpaired) electrons. The van der Waals surface area contributed by atoms with Gasteiger partial charge >= 0.3 is 0 Å². The van der Waals surface area contributed by atoms with Crippen LogP contribution in [0.2, 0.25) is 0 Å². The van der Waals surface area contributed by atoms with Crippen molar-refractivity contribution in [2.45, 2.75) is 25.9 Å². The first-order valence-corrected chi connectivity index (χ1v) is 9.90. The Balaban J connectivity index is 1.54. The fourth-order valence-corrected chi connectivity index (χ4v) is 3.41. The van der Waals surface area contributed by atoms with E-state index < -0.39 is 11.6 Å². The molecule has 0 N–H and O–H groups in total. The normalized spacial score (nSPS) is 13.3. The van der Waals surface area contributed by atoms with Gasteiger partial charge in [-0.3, -0.25) is 4.79 Å². The number of hydrogen-bond donors (Lipinski definition) is 0.